The van der Waals surface area contributed by atoms with Gasteiger partial charge in [-0.15, -0.1) is 0 Å². The Morgan fingerprint density at radius 2 is 1.68 bits per heavy atom. The lowest BCUT2D eigenvalue weighted by Crippen LogP contribution is -2.35. The Morgan fingerprint density at radius 3 is 2.34 bits per heavy atom. The van der Waals surface area contributed by atoms with Gasteiger partial charge in [-0.2, -0.15) is 0 Å². The average molecular weight is 529 g/mol. The van der Waals surface area contributed by atoms with E-state index in [1.165, 1.54) is 25.7 Å². The number of aromatic nitrogens is 2. The van der Waals surface area contributed by atoms with Gasteiger partial charge in [0.05, 0.1) is 11.1 Å². The molecule has 7 nitrogen and oxygen atoms in total. The van der Waals surface area contributed by atoms with Crippen molar-refractivity contribution in [3.8, 4) is 5.69 Å². The molecule has 10 heteroatoms. The quantitative estimate of drug-likeness (QED) is 0.454. The van der Waals surface area contributed by atoms with E-state index in [-0.39, 0.29) is 22.5 Å². The van der Waals surface area contributed by atoms with Crippen molar-refractivity contribution in [2.24, 2.45) is 11.8 Å². The minimum absolute atomic E-state index is 0.0319. The fourth-order valence-electron chi connectivity index (χ4n) is 5.75. The number of nitrogens with one attached hydrogen (secondary N) is 1. The van der Waals surface area contributed by atoms with Crippen LogP contribution in [0.3, 0.4) is 0 Å². The standard InChI is InChI=1S/C28H31F3N4O3/c29-19-4-5-24(22(30)14-19)35-16-21(28(37)38)25(36)20-15-23(31)27(33-26(20)35)34-12-8-18(9-13-34)3-1-2-17-6-10-32-11-7-17/h4-5,14-18,32H,1-3,6-13H2,(H,37,38). The van der Waals surface area contributed by atoms with Crippen molar-refractivity contribution >= 4 is 22.8 Å². The van der Waals surface area contributed by atoms with Gasteiger partial charge >= 0.3 is 5.97 Å². The van der Waals surface area contributed by atoms with E-state index in [2.05, 4.69) is 10.3 Å². The second kappa shape index (κ2) is 11.1. The summed E-state index contributed by atoms with van der Waals surface area (Å²) in [4.78, 5) is 30.7. The molecule has 0 saturated carbocycles. The molecule has 4 heterocycles. The molecule has 0 radical (unpaired) electrons. The molecule has 5 rings (SSSR count). The summed E-state index contributed by atoms with van der Waals surface area (Å²) in [5.41, 5.74) is -1.88. The van der Waals surface area contributed by atoms with Crippen LogP contribution in [0.15, 0.2) is 35.3 Å². The number of piperidine rings is 2. The number of hydrogen-bond acceptors (Lipinski definition) is 5. The molecule has 2 aromatic heterocycles. The molecular formula is C28H31F3N4O3. The van der Waals surface area contributed by atoms with Crippen LogP contribution in [0.4, 0.5) is 19.0 Å². The maximum Gasteiger partial charge on any atom is 0.341 e. The predicted molar refractivity (Wildman–Crippen MR) is 139 cm³/mol. The molecule has 0 bridgehead atoms. The molecule has 3 aromatic rings. The first-order valence-corrected chi connectivity index (χ1v) is 13.2. The minimum atomic E-state index is -1.54. The summed E-state index contributed by atoms with van der Waals surface area (Å²) >= 11 is 0. The summed E-state index contributed by atoms with van der Waals surface area (Å²) in [5.74, 6) is -2.67. The first-order valence-electron chi connectivity index (χ1n) is 13.2. The number of carbonyl (C=O) groups is 1. The van der Waals surface area contributed by atoms with Crippen LogP contribution >= 0.6 is 0 Å². The zero-order valence-electron chi connectivity index (χ0n) is 21.1. The van der Waals surface area contributed by atoms with Gasteiger partial charge < -0.3 is 15.3 Å². The molecular weight excluding hydrogens is 497 g/mol. The smallest absolute Gasteiger partial charge is 0.341 e. The van der Waals surface area contributed by atoms with Crippen LogP contribution in [0.25, 0.3) is 16.7 Å². The van der Waals surface area contributed by atoms with E-state index in [0.717, 1.165) is 67.2 Å². The highest BCUT2D eigenvalue weighted by Gasteiger charge is 2.26. The van der Waals surface area contributed by atoms with E-state index in [0.29, 0.717) is 25.1 Å². The zero-order chi connectivity index (χ0) is 26.8. The van der Waals surface area contributed by atoms with E-state index < -0.39 is 34.4 Å². The number of carboxylic acids is 1. The van der Waals surface area contributed by atoms with E-state index >= 15 is 4.39 Å². The monoisotopic (exact) mass is 528 g/mol. The summed E-state index contributed by atoms with van der Waals surface area (Å²) in [7, 11) is 0. The van der Waals surface area contributed by atoms with Crippen molar-refractivity contribution in [1.29, 1.82) is 0 Å². The van der Waals surface area contributed by atoms with Crippen molar-refractivity contribution < 1.29 is 23.1 Å². The second-order valence-corrected chi connectivity index (χ2v) is 10.4. The lowest BCUT2D eigenvalue weighted by atomic mass is 9.87. The van der Waals surface area contributed by atoms with Gasteiger partial charge in [-0.05, 0) is 68.8 Å². The van der Waals surface area contributed by atoms with Crippen LogP contribution in [0.2, 0.25) is 0 Å². The van der Waals surface area contributed by atoms with E-state index in [1.54, 1.807) is 0 Å². The highest BCUT2D eigenvalue weighted by Crippen LogP contribution is 2.30. The Hall–Kier alpha value is -3.40. The van der Waals surface area contributed by atoms with Crippen LogP contribution in [0.5, 0.6) is 0 Å². The van der Waals surface area contributed by atoms with Crippen LogP contribution < -0.4 is 15.6 Å². The number of nitrogens with zero attached hydrogens (tertiary/aromatic N) is 3. The molecule has 0 unspecified atom stereocenters. The molecule has 202 valence electrons. The first kappa shape index (κ1) is 26.2. The molecule has 1 aromatic carbocycles. The van der Waals surface area contributed by atoms with Gasteiger partial charge in [-0.25, -0.2) is 22.9 Å². The minimum Gasteiger partial charge on any atom is -0.477 e. The largest absolute Gasteiger partial charge is 0.477 e. The number of pyridine rings is 2. The van der Waals surface area contributed by atoms with Crippen molar-refractivity contribution in [1.82, 2.24) is 14.9 Å². The van der Waals surface area contributed by atoms with E-state index in [4.69, 9.17) is 0 Å². The normalized spacial score (nSPS) is 17.3. The Balaban J connectivity index is 1.40. The van der Waals surface area contributed by atoms with E-state index in [9.17, 15) is 23.5 Å². The molecule has 0 spiro atoms. The van der Waals surface area contributed by atoms with Crippen LogP contribution in [0, 0.1) is 29.3 Å². The fraction of sp³-hybridized carbons (Fsp3) is 0.464. The summed E-state index contributed by atoms with van der Waals surface area (Å²) in [6.45, 7) is 3.39. The molecule has 2 N–H and O–H groups in total. The molecule has 2 saturated heterocycles. The van der Waals surface area contributed by atoms with Gasteiger partial charge in [0.15, 0.2) is 17.3 Å². The van der Waals surface area contributed by atoms with Gasteiger partial charge in [0.25, 0.3) is 0 Å². The summed E-state index contributed by atoms with van der Waals surface area (Å²) < 4.78 is 44.6. The lowest BCUT2D eigenvalue weighted by molar-refractivity contribution is 0.0695. The van der Waals surface area contributed by atoms with E-state index in [1.807, 2.05) is 4.90 Å². The van der Waals surface area contributed by atoms with Crippen molar-refractivity contribution in [3.05, 3.63) is 63.7 Å². The highest BCUT2D eigenvalue weighted by molar-refractivity contribution is 5.92. The number of aromatic carboxylic acids is 1. The Bertz CT molecular complexity index is 1400. The molecule has 2 aliphatic heterocycles. The van der Waals surface area contributed by atoms with Gasteiger partial charge in [-0.3, -0.25) is 9.36 Å². The van der Waals surface area contributed by atoms with Crippen molar-refractivity contribution in [3.63, 3.8) is 0 Å². The van der Waals surface area contributed by atoms with Crippen molar-refractivity contribution in [2.45, 2.75) is 44.9 Å². The average Bonchev–Trinajstić information content (AvgIpc) is 2.90. The Morgan fingerprint density at radius 1 is 1.00 bits per heavy atom. The Kier molecular flexibility index (Phi) is 7.69. The highest BCUT2D eigenvalue weighted by atomic mass is 19.1. The maximum absolute atomic E-state index is 15.3. The Labute approximate surface area is 218 Å². The zero-order valence-corrected chi connectivity index (χ0v) is 21.1. The third kappa shape index (κ3) is 5.41. The topological polar surface area (TPSA) is 87.5 Å². The predicted octanol–water partition coefficient (Wildman–Crippen LogP) is 4.89. The van der Waals surface area contributed by atoms with Gasteiger partial charge in [0.2, 0.25) is 5.43 Å². The molecule has 0 amide bonds. The second-order valence-electron chi connectivity index (χ2n) is 10.4. The number of anilines is 1. The molecule has 2 fully saturated rings. The maximum atomic E-state index is 15.3. The first-order chi connectivity index (χ1) is 18.3. The lowest BCUT2D eigenvalue weighted by Gasteiger charge is -2.33. The number of hydrogen-bond donors (Lipinski definition) is 2. The number of fused-ring (bicyclic) bond motifs is 1. The number of rotatable bonds is 7. The molecule has 0 aliphatic carbocycles. The SMILES string of the molecule is O=C(O)c1cn(-c2ccc(F)cc2F)c2nc(N3CCC(CCCC4CCNCC4)CC3)c(F)cc2c1=O. The number of halogens is 3. The number of carboxylic acid groups (broad SMARTS) is 1. The molecule has 38 heavy (non-hydrogen) atoms. The third-order valence-corrected chi connectivity index (χ3v) is 7.91. The van der Waals surface area contributed by atoms with Crippen LogP contribution in [-0.4, -0.2) is 46.8 Å². The number of benzene rings is 1. The fourth-order valence-corrected chi connectivity index (χ4v) is 5.75. The summed E-state index contributed by atoms with van der Waals surface area (Å²) in [5, 5.41) is 12.6. The molecule has 2 aliphatic rings. The summed E-state index contributed by atoms with van der Waals surface area (Å²) in [6, 6.07) is 3.76. The van der Waals surface area contributed by atoms with Crippen molar-refractivity contribution in [2.75, 3.05) is 31.1 Å². The van der Waals surface area contributed by atoms with Gasteiger partial charge in [0, 0.05) is 25.4 Å². The van der Waals surface area contributed by atoms with Crippen LogP contribution in [-0.2, 0) is 0 Å². The van der Waals surface area contributed by atoms with Crippen LogP contribution in [0.1, 0.15) is 55.3 Å². The third-order valence-electron chi connectivity index (χ3n) is 7.91. The summed E-state index contributed by atoms with van der Waals surface area (Å²) in [6.07, 6.45) is 8.81. The van der Waals surface area contributed by atoms with Gasteiger partial charge in [0.1, 0.15) is 17.2 Å². The van der Waals surface area contributed by atoms with Gasteiger partial charge in [-0.1, -0.05) is 19.3 Å². The molecule has 0 atom stereocenters.